The second-order valence-corrected chi connectivity index (χ2v) is 6.33. The second-order valence-electron chi connectivity index (χ2n) is 3.78. The summed E-state index contributed by atoms with van der Waals surface area (Å²) in [6.45, 7) is 0. The molecule has 0 radical (unpaired) electrons. The summed E-state index contributed by atoms with van der Waals surface area (Å²) < 4.78 is 6.96. The lowest BCUT2D eigenvalue weighted by atomic mass is 10.2. The number of benzene rings is 1. The molecule has 0 aliphatic heterocycles. The van der Waals surface area contributed by atoms with Crippen molar-refractivity contribution in [3.63, 3.8) is 0 Å². The summed E-state index contributed by atoms with van der Waals surface area (Å²) in [4.78, 5) is 4.37. The van der Waals surface area contributed by atoms with Crippen LogP contribution in [0.15, 0.2) is 42.4 Å². The zero-order valence-electron chi connectivity index (χ0n) is 9.43. The van der Waals surface area contributed by atoms with E-state index in [0.717, 1.165) is 14.5 Å². The van der Waals surface area contributed by atoms with Crippen LogP contribution in [0.5, 0.6) is 0 Å². The van der Waals surface area contributed by atoms with Crippen LogP contribution < -0.4 is 5.73 Å². The van der Waals surface area contributed by atoms with E-state index in [-0.39, 0.29) is 0 Å². The van der Waals surface area contributed by atoms with Crippen LogP contribution in [0.3, 0.4) is 0 Å². The second kappa shape index (κ2) is 5.07. The fourth-order valence-electron chi connectivity index (χ4n) is 1.60. The summed E-state index contributed by atoms with van der Waals surface area (Å²) in [6.07, 6.45) is 0. The first-order valence-corrected chi connectivity index (χ1v) is 7.79. The molecule has 2 N–H and O–H groups in total. The number of nitrogen functional groups attached to an aromatic ring is 1. The van der Waals surface area contributed by atoms with Crippen LogP contribution in [0.2, 0.25) is 0 Å². The Morgan fingerprint density at radius 1 is 1.26 bits per heavy atom. The maximum atomic E-state index is 6.02. The Labute approximate surface area is 129 Å². The number of hydrogen-bond acceptors (Lipinski definition) is 5. The number of nitrogens with zero attached hydrogens (tertiary/aromatic N) is 2. The molecular weight excluding hydrogens is 394 g/mol. The molecule has 96 valence electrons. The van der Waals surface area contributed by atoms with Gasteiger partial charge in [0, 0.05) is 19.9 Å². The first-order valence-electron chi connectivity index (χ1n) is 5.26. The summed E-state index contributed by atoms with van der Waals surface area (Å²) in [5, 5.41) is 7.90. The lowest BCUT2D eigenvalue weighted by molar-refractivity contribution is 0.432. The molecule has 7 heteroatoms. The molecule has 0 aliphatic rings. The maximum Gasteiger partial charge on any atom is 0.260 e. The fraction of sp³-hybridized carbons (Fsp3) is 0. The van der Waals surface area contributed by atoms with Crippen molar-refractivity contribution in [2.75, 3.05) is 5.73 Å². The molecule has 0 saturated carbocycles. The summed E-state index contributed by atoms with van der Waals surface area (Å²) in [5.74, 6) is 0.965. The Bertz CT molecular complexity index is 725. The smallest absolute Gasteiger partial charge is 0.260 e. The van der Waals surface area contributed by atoms with Crippen molar-refractivity contribution >= 4 is 48.9 Å². The van der Waals surface area contributed by atoms with E-state index >= 15 is 0 Å². The molecule has 2 aromatic heterocycles. The highest BCUT2D eigenvalue weighted by atomic mass is 79.9. The van der Waals surface area contributed by atoms with E-state index in [1.54, 1.807) is 11.3 Å². The van der Waals surface area contributed by atoms with Gasteiger partial charge in [0.25, 0.3) is 5.89 Å². The van der Waals surface area contributed by atoms with Crippen LogP contribution in [0.25, 0.3) is 22.8 Å². The topological polar surface area (TPSA) is 64.9 Å². The third-order valence-corrected chi connectivity index (χ3v) is 4.33. The highest BCUT2D eigenvalue weighted by molar-refractivity contribution is 9.11. The van der Waals surface area contributed by atoms with Gasteiger partial charge in [-0.1, -0.05) is 21.1 Å². The van der Waals surface area contributed by atoms with E-state index < -0.39 is 0 Å². The molecule has 1 aromatic carbocycles. The molecule has 0 amide bonds. The number of anilines is 1. The van der Waals surface area contributed by atoms with Crippen molar-refractivity contribution in [2.45, 2.75) is 0 Å². The van der Waals surface area contributed by atoms with Crippen LogP contribution in [0.4, 0.5) is 5.69 Å². The van der Waals surface area contributed by atoms with Crippen molar-refractivity contribution in [3.8, 4) is 22.8 Å². The van der Waals surface area contributed by atoms with Gasteiger partial charge < -0.3 is 10.3 Å². The Morgan fingerprint density at radius 3 is 2.84 bits per heavy atom. The lowest BCUT2D eigenvalue weighted by Crippen LogP contribution is -1.92. The molecule has 2 heterocycles. The molecule has 0 unspecified atom stereocenters. The van der Waals surface area contributed by atoms with E-state index in [0.29, 0.717) is 23.0 Å². The van der Waals surface area contributed by atoms with Gasteiger partial charge in [0.2, 0.25) is 5.82 Å². The van der Waals surface area contributed by atoms with Gasteiger partial charge in [0.05, 0.1) is 11.3 Å². The first kappa shape index (κ1) is 12.8. The van der Waals surface area contributed by atoms with Crippen molar-refractivity contribution < 1.29 is 4.52 Å². The molecule has 3 rings (SSSR count). The predicted octanol–water partition coefficient (Wildman–Crippen LogP) is 4.57. The zero-order valence-corrected chi connectivity index (χ0v) is 13.4. The minimum Gasteiger partial charge on any atom is -0.397 e. The SMILES string of the molecule is Nc1c(Br)cc(Br)cc1-c1nc(-c2ccsc2)no1. The van der Waals surface area contributed by atoms with Gasteiger partial charge in [-0.3, -0.25) is 0 Å². The van der Waals surface area contributed by atoms with Crippen molar-refractivity contribution in [1.29, 1.82) is 0 Å². The Balaban J connectivity index is 2.09. The van der Waals surface area contributed by atoms with Gasteiger partial charge in [-0.25, -0.2) is 0 Å². The van der Waals surface area contributed by atoms with Gasteiger partial charge in [-0.05, 0) is 39.5 Å². The fourth-order valence-corrected chi connectivity index (χ4v) is 3.46. The van der Waals surface area contributed by atoms with Gasteiger partial charge >= 0.3 is 0 Å². The standard InChI is InChI=1S/C12H7Br2N3OS/c13-7-3-8(10(15)9(14)4-7)12-16-11(17-18-12)6-1-2-19-5-6/h1-5H,15H2. The largest absolute Gasteiger partial charge is 0.397 e. The summed E-state index contributed by atoms with van der Waals surface area (Å²) in [5.41, 5.74) is 8.23. The zero-order chi connectivity index (χ0) is 13.4. The van der Waals surface area contributed by atoms with E-state index in [2.05, 4.69) is 42.0 Å². The number of rotatable bonds is 2. The third kappa shape index (κ3) is 2.45. The molecule has 0 bridgehead atoms. The number of halogens is 2. The minimum absolute atomic E-state index is 0.403. The van der Waals surface area contributed by atoms with Crippen LogP contribution >= 0.6 is 43.2 Å². The molecule has 0 spiro atoms. The van der Waals surface area contributed by atoms with Crippen LogP contribution in [0.1, 0.15) is 0 Å². The van der Waals surface area contributed by atoms with Gasteiger partial charge in [0.15, 0.2) is 0 Å². The Morgan fingerprint density at radius 2 is 2.11 bits per heavy atom. The molecule has 0 fully saturated rings. The number of hydrogen-bond donors (Lipinski definition) is 1. The molecule has 19 heavy (non-hydrogen) atoms. The molecule has 4 nitrogen and oxygen atoms in total. The van der Waals surface area contributed by atoms with E-state index in [9.17, 15) is 0 Å². The van der Waals surface area contributed by atoms with E-state index in [1.165, 1.54) is 0 Å². The van der Waals surface area contributed by atoms with Crippen molar-refractivity contribution in [2.24, 2.45) is 0 Å². The van der Waals surface area contributed by atoms with Gasteiger partial charge in [-0.15, -0.1) is 0 Å². The molecule has 0 atom stereocenters. The average molecular weight is 401 g/mol. The Kier molecular flexibility index (Phi) is 3.42. The minimum atomic E-state index is 0.403. The maximum absolute atomic E-state index is 6.02. The highest BCUT2D eigenvalue weighted by Gasteiger charge is 2.15. The molecule has 3 aromatic rings. The molecular formula is C12H7Br2N3OS. The normalized spacial score (nSPS) is 10.8. The third-order valence-electron chi connectivity index (χ3n) is 2.53. The first-order chi connectivity index (χ1) is 9.15. The van der Waals surface area contributed by atoms with E-state index in [1.807, 2.05) is 29.0 Å². The van der Waals surface area contributed by atoms with Crippen molar-refractivity contribution in [3.05, 3.63) is 37.9 Å². The van der Waals surface area contributed by atoms with Gasteiger partial charge in [0.1, 0.15) is 0 Å². The quantitative estimate of drug-likeness (QED) is 0.639. The van der Waals surface area contributed by atoms with E-state index in [4.69, 9.17) is 10.3 Å². The summed E-state index contributed by atoms with van der Waals surface area (Å²) in [6, 6.07) is 5.67. The monoisotopic (exact) mass is 399 g/mol. The number of aromatic nitrogens is 2. The van der Waals surface area contributed by atoms with Gasteiger partial charge in [-0.2, -0.15) is 16.3 Å². The molecule has 0 saturated heterocycles. The van der Waals surface area contributed by atoms with Crippen LogP contribution in [-0.4, -0.2) is 10.1 Å². The average Bonchev–Trinajstić information content (AvgIpc) is 3.03. The molecule has 0 aliphatic carbocycles. The number of nitrogens with two attached hydrogens (primary N) is 1. The van der Waals surface area contributed by atoms with Crippen LogP contribution in [-0.2, 0) is 0 Å². The van der Waals surface area contributed by atoms with Crippen molar-refractivity contribution in [1.82, 2.24) is 10.1 Å². The number of thiophene rings is 1. The highest BCUT2D eigenvalue weighted by Crippen LogP contribution is 2.35. The Hall–Kier alpha value is -1.18. The predicted molar refractivity (Wildman–Crippen MR) is 82.9 cm³/mol. The van der Waals surface area contributed by atoms with Crippen LogP contribution in [0, 0.1) is 0 Å². The summed E-state index contributed by atoms with van der Waals surface area (Å²) in [7, 11) is 0. The summed E-state index contributed by atoms with van der Waals surface area (Å²) >= 11 is 8.40. The lowest BCUT2D eigenvalue weighted by Gasteiger charge is -2.04.